The summed E-state index contributed by atoms with van der Waals surface area (Å²) >= 11 is 0. The number of phenolic OH excluding ortho intramolecular Hbond substituents is 4. The lowest BCUT2D eigenvalue weighted by Crippen LogP contribution is -2.04. The van der Waals surface area contributed by atoms with Gasteiger partial charge in [-0.25, -0.2) is 4.79 Å². The number of ether oxygens (including phenoxy) is 2. The smallest absolute Gasteiger partial charge is 0.331 e. The number of fused-ring (bicyclic) bond motifs is 1. The molecular weight excluding hydrogens is 504 g/mol. The Balaban J connectivity index is 1.45. The van der Waals surface area contributed by atoms with Crippen LogP contribution in [0, 0.1) is 0 Å². The molecule has 0 saturated carbocycles. The fourth-order valence-electron chi connectivity index (χ4n) is 3.83. The molecule has 0 bridgehead atoms. The lowest BCUT2D eigenvalue weighted by Gasteiger charge is -2.10. The van der Waals surface area contributed by atoms with Crippen molar-refractivity contribution in [1.29, 1.82) is 0 Å². The first kappa shape index (κ1) is 26.9. The Morgan fingerprint density at radius 2 is 1.72 bits per heavy atom. The summed E-state index contributed by atoms with van der Waals surface area (Å²) in [7, 11) is 1.42. The topological polar surface area (TPSA) is 147 Å². The van der Waals surface area contributed by atoms with Crippen LogP contribution in [-0.4, -0.2) is 40.1 Å². The van der Waals surface area contributed by atoms with Gasteiger partial charge in [0, 0.05) is 29.3 Å². The third kappa shape index (κ3) is 6.22. The molecule has 1 heterocycles. The number of methoxy groups -OCH3 is 1. The number of benzene rings is 3. The van der Waals surface area contributed by atoms with Gasteiger partial charge in [0.05, 0.1) is 7.11 Å². The van der Waals surface area contributed by atoms with Crippen molar-refractivity contribution in [2.75, 3.05) is 13.7 Å². The Morgan fingerprint density at radius 1 is 0.974 bits per heavy atom. The van der Waals surface area contributed by atoms with Crippen molar-refractivity contribution in [3.63, 3.8) is 0 Å². The van der Waals surface area contributed by atoms with Crippen molar-refractivity contribution in [3.05, 3.63) is 93.7 Å². The van der Waals surface area contributed by atoms with E-state index in [0.29, 0.717) is 16.7 Å². The van der Waals surface area contributed by atoms with Crippen molar-refractivity contribution >= 4 is 23.0 Å². The first-order valence-corrected chi connectivity index (χ1v) is 11.8. The quantitative estimate of drug-likeness (QED) is 0.140. The summed E-state index contributed by atoms with van der Waals surface area (Å²) in [5.41, 5.74) is 1.47. The normalized spacial score (nSPS) is 11.7. The summed E-state index contributed by atoms with van der Waals surface area (Å²) in [5.74, 6) is -0.709. The zero-order chi connectivity index (χ0) is 28.1. The van der Waals surface area contributed by atoms with Crippen LogP contribution in [0.15, 0.2) is 81.5 Å². The highest BCUT2D eigenvalue weighted by Gasteiger charge is 2.17. The minimum Gasteiger partial charge on any atom is -0.508 e. The van der Waals surface area contributed by atoms with Gasteiger partial charge in [-0.15, -0.1) is 0 Å². The molecule has 0 aliphatic heterocycles. The molecule has 0 unspecified atom stereocenters. The number of aromatic hydroxyl groups is 4. The van der Waals surface area contributed by atoms with Crippen molar-refractivity contribution in [1.82, 2.24) is 0 Å². The molecule has 0 saturated heterocycles. The van der Waals surface area contributed by atoms with Crippen LogP contribution >= 0.6 is 0 Å². The van der Waals surface area contributed by atoms with Crippen LogP contribution in [0.1, 0.15) is 18.1 Å². The zero-order valence-electron chi connectivity index (χ0n) is 21.2. The van der Waals surface area contributed by atoms with Gasteiger partial charge in [0.1, 0.15) is 40.6 Å². The fraction of sp³-hybridized carbons (Fsp3) is 0.133. The van der Waals surface area contributed by atoms with E-state index in [-0.39, 0.29) is 58.3 Å². The third-order valence-corrected chi connectivity index (χ3v) is 5.94. The van der Waals surface area contributed by atoms with Gasteiger partial charge in [-0.05, 0) is 67.0 Å². The molecule has 200 valence electrons. The van der Waals surface area contributed by atoms with Gasteiger partial charge < -0.3 is 34.3 Å². The monoisotopic (exact) mass is 530 g/mol. The summed E-state index contributed by atoms with van der Waals surface area (Å²) in [6.45, 7) is 1.69. The zero-order valence-corrected chi connectivity index (χ0v) is 21.2. The minimum absolute atomic E-state index is 0.0111. The lowest BCUT2D eigenvalue weighted by atomic mass is 10.0. The number of esters is 1. The molecule has 0 amide bonds. The predicted octanol–water partition coefficient (Wildman–Crippen LogP) is 5.04. The molecule has 39 heavy (non-hydrogen) atoms. The maximum absolute atomic E-state index is 12.8. The van der Waals surface area contributed by atoms with Gasteiger partial charge in [-0.1, -0.05) is 12.1 Å². The van der Waals surface area contributed by atoms with Crippen LogP contribution in [0.2, 0.25) is 0 Å². The van der Waals surface area contributed by atoms with Crippen LogP contribution in [0.25, 0.3) is 28.4 Å². The number of phenols is 4. The molecule has 4 rings (SSSR count). The third-order valence-electron chi connectivity index (χ3n) is 5.94. The summed E-state index contributed by atoms with van der Waals surface area (Å²) in [6.07, 6.45) is 4.49. The van der Waals surface area contributed by atoms with Gasteiger partial charge in [0.15, 0.2) is 16.9 Å². The summed E-state index contributed by atoms with van der Waals surface area (Å²) < 4.78 is 16.0. The van der Waals surface area contributed by atoms with E-state index >= 15 is 0 Å². The SMILES string of the molecule is COc1cc(/C=C/C(=O)OC/C(C)=C/Cc2c(O)cc3oc(-c4ccc(O)cc4)cc(=O)c3c2O)ccc1O. The fourth-order valence-corrected chi connectivity index (χ4v) is 3.83. The largest absolute Gasteiger partial charge is 0.508 e. The van der Waals surface area contributed by atoms with E-state index in [0.717, 1.165) is 0 Å². The molecule has 9 nitrogen and oxygen atoms in total. The molecule has 0 fully saturated rings. The summed E-state index contributed by atoms with van der Waals surface area (Å²) in [4.78, 5) is 24.9. The molecule has 0 radical (unpaired) electrons. The van der Waals surface area contributed by atoms with Crippen LogP contribution in [-0.2, 0) is 16.0 Å². The van der Waals surface area contributed by atoms with E-state index in [4.69, 9.17) is 13.9 Å². The number of hydrogen-bond donors (Lipinski definition) is 4. The molecule has 4 N–H and O–H groups in total. The van der Waals surface area contributed by atoms with Gasteiger partial charge in [-0.3, -0.25) is 4.79 Å². The number of allylic oxidation sites excluding steroid dienone is 1. The van der Waals surface area contributed by atoms with Crippen molar-refractivity contribution in [3.8, 4) is 40.1 Å². The average molecular weight is 531 g/mol. The molecule has 1 aromatic heterocycles. The molecule has 0 aliphatic carbocycles. The maximum atomic E-state index is 12.8. The van der Waals surface area contributed by atoms with Gasteiger partial charge in [-0.2, -0.15) is 0 Å². The van der Waals surface area contributed by atoms with Crippen LogP contribution in [0.5, 0.6) is 28.7 Å². The van der Waals surface area contributed by atoms with E-state index < -0.39 is 17.1 Å². The molecule has 0 atom stereocenters. The molecule has 9 heteroatoms. The Morgan fingerprint density at radius 3 is 2.44 bits per heavy atom. The van der Waals surface area contributed by atoms with Crippen molar-refractivity contribution in [2.24, 2.45) is 0 Å². The first-order chi connectivity index (χ1) is 18.7. The maximum Gasteiger partial charge on any atom is 0.331 e. The Labute approximate surface area is 223 Å². The highest BCUT2D eigenvalue weighted by atomic mass is 16.5. The van der Waals surface area contributed by atoms with E-state index in [2.05, 4.69) is 0 Å². The predicted molar refractivity (Wildman–Crippen MR) is 145 cm³/mol. The number of carbonyl (C=O) groups excluding carboxylic acids is 1. The minimum atomic E-state index is -0.590. The molecular formula is C30H26O9. The van der Waals surface area contributed by atoms with Crippen LogP contribution < -0.4 is 10.2 Å². The highest BCUT2D eigenvalue weighted by molar-refractivity contribution is 5.88. The lowest BCUT2D eigenvalue weighted by molar-refractivity contribution is -0.136. The van der Waals surface area contributed by atoms with Crippen molar-refractivity contribution < 1.29 is 39.1 Å². The van der Waals surface area contributed by atoms with Gasteiger partial charge >= 0.3 is 5.97 Å². The Kier molecular flexibility index (Phi) is 7.90. The standard InChI is InChI=1S/C30H26O9/c1-17(16-38-28(35)12-5-18-4-11-22(32)26(13-18)37-2)3-10-21-23(33)14-27-29(30(21)36)24(34)15-25(39-27)19-6-8-20(31)9-7-19/h3-9,11-15,31-33,36H,10,16H2,1-2H3/b12-5+,17-3+. The molecule has 3 aromatic carbocycles. The van der Waals surface area contributed by atoms with E-state index in [9.17, 15) is 30.0 Å². The summed E-state index contributed by atoms with van der Waals surface area (Å²) in [5, 5.41) is 40.4. The molecule has 4 aromatic rings. The molecule has 0 spiro atoms. The van der Waals surface area contributed by atoms with E-state index in [1.165, 1.54) is 49.6 Å². The highest BCUT2D eigenvalue weighted by Crippen LogP contribution is 2.36. The van der Waals surface area contributed by atoms with Crippen molar-refractivity contribution in [2.45, 2.75) is 13.3 Å². The second-order valence-corrected chi connectivity index (χ2v) is 8.74. The molecule has 0 aliphatic rings. The van der Waals surface area contributed by atoms with Gasteiger partial charge in [0.2, 0.25) is 0 Å². The Bertz CT molecular complexity index is 1640. The second kappa shape index (κ2) is 11.5. The Hall–Kier alpha value is -5.18. The number of carbonyl (C=O) groups is 1. The average Bonchev–Trinajstić information content (AvgIpc) is 2.91. The second-order valence-electron chi connectivity index (χ2n) is 8.74. The van der Waals surface area contributed by atoms with E-state index in [1.54, 1.807) is 37.3 Å². The van der Waals surface area contributed by atoms with E-state index in [1.807, 2.05) is 0 Å². The number of hydrogen-bond acceptors (Lipinski definition) is 9. The summed E-state index contributed by atoms with van der Waals surface area (Å²) in [6, 6.07) is 13.2. The first-order valence-electron chi connectivity index (χ1n) is 11.8. The number of rotatable bonds is 8. The van der Waals surface area contributed by atoms with Gasteiger partial charge in [0.25, 0.3) is 0 Å². The van der Waals surface area contributed by atoms with Crippen LogP contribution in [0.4, 0.5) is 0 Å². The van der Waals surface area contributed by atoms with Crippen LogP contribution in [0.3, 0.4) is 0 Å².